The third-order valence-electron chi connectivity index (χ3n) is 2.69. The Hall–Kier alpha value is -2.05. The van der Waals surface area contributed by atoms with Crippen LogP contribution in [0.3, 0.4) is 0 Å². The van der Waals surface area contributed by atoms with E-state index in [1.807, 2.05) is 19.1 Å². The minimum atomic E-state index is -0.551. The van der Waals surface area contributed by atoms with Crippen LogP contribution in [0.1, 0.15) is 24.2 Å². The van der Waals surface area contributed by atoms with E-state index in [1.165, 1.54) is 18.2 Å². The standard InChI is InChI=1S/C15H11ClFNO/c1-10(11-3-2-4-13(16)7-11)19-14-5-6-15(17)12(8-14)9-18/h2-8,10H,1H3/t10-/m1/s1. The minimum absolute atomic E-state index is 0.0317. The molecule has 0 saturated heterocycles. The summed E-state index contributed by atoms with van der Waals surface area (Å²) in [5.74, 6) is -0.101. The van der Waals surface area contributed by atoms with Gasteiger partial charge in [0.25, 0.3) is 0 Å². The zero-order valence-electron chi connectivity index (χ0n) is 10.2. The second-order valence-corrected chi connectivity index (χ2v) is 4.50. The molecule has 19 heavy (non-hydrogen) atoms. The average molecular weight is 276 g/mol. The van der Waals surface area contributed by atoms with Gasteiger partial charge in [0, 0.05) is 11.1 Å². The van der Waals surface area contributed by atoms with Gasteiger partial charge in [-0.1, -0.05) is 23.7 Å². The second kappa shape index (κ2) is 5.73. The lowest BCUT2D eigenvalue weighted by molar-refractivity contribution is 0.226. The Kier molecular flexibility index (Phi) is 4.03. The summed E-state index contributed by atoms with van der Waals surface area (Å²) in [6, 6.07) is 13.2. The van der Waals surface area contributed by atoms with Crippen LogP contribution < -0.4 is 4.74 Å². The van der Waals surface area contributed by atoms with Crippen LogP contribution in [0.5, 0.6) is 5.75 Å². The fraction of sp³-hybridized carbons (Fsp3) is 0.133. The molecule has 0 aliphatic carbocycles. The van der Waals surface area contributed by atoms with E-state index in [0.29, 0.717) is 10.8 Å². The topological polar surface area (TPSA) is 33.0 Å². The molecule has 0 fully saturated rings. The maximum atomic E-state index is 13.2. The van der Waals surface area contributed by atoms with Crippen LogP contribution in [0, 0.1) is 17.1 Å². The first-order chi connectivity index (χ1) is 9.10. The molecule has 2 aromatic rings. The molecule has 2 nitrogen and oxygen atoms in total. The molecular weight excluding hydrogens is 265 g/mol. The predicted octanol–water partition coefficient (Wildman–Crippen LogP) is 4.49. The van der Waals surface area contributed by atoms with Crippen molar-refractivity contribution in [3.8, 4) is 11.8 Å². The SMILES string of the molecule is C[C@@H](Oc1ccc(F)c(C#N)c1)c1cccc(Cl)c1. The van der Waals surface area contributed by atoms with Gasteiger partial charge in [0.1, 0.15) is 23.7 Å². The predicted molar refractivity (Wildman–Crippen MR) is 71.6 cm³/mol. The van der Waals surface area contributed by atoms with Gasteiger partial charge >= 0.3 is 0 Å². The van der Waals surface area contributed by atoms with Gasteiger partial charge < -0.3 is 4.74 Å². The molecule has 0 heterocycles. The molecule has 0 radical (unpaired) electrons. The summed E-state index contributed by atoms with van der Waals surface area (Å²) < 4.78 is 18.9. The molecule has 0 unspecified atom stereocenters. The quantitative estimate of drug-likeness (QED) is 0.827. The zero-order valence-corrected chi connectivity index (χ0v) is 11.0. The lowest BCUT2D eigenvalue weighted by Crippen LogP contribution is -2.03. The molecule has 0 bridgehead atoms. The van der Waals surface area contributed by atoms with Crippen molar-refractivity contribution in [2.75, 3.05) is 0 Å². The monoisotopic (exact) mass is 275 g/mol. The van der Waals surface area contributed by atoms with Crippen molar-refractivity contribution >= 4 is 11.6 Å². The zero-order chi connectivity index (χ0) is 13.8. The maximum Gasteiger partial charge on any atom is 0.141 e. The van der Waals surface area contributed by atoms with Crippen LogP contribution in [0.25, 0.3) is 0 Å². The van der Waals surface area contributed by atoms with Crippen LogP contribution in [-0.4, -0.2) is 0 Å². The smallest absolute Gasteiger partial charge is 0.141 e. The molecule has 1 atom stereocenters. The summed E-state index contributed by atoms with van der Waals surface area (Å²) in [4.78, 5) is 0. The van der Waals surface area contributed by atoms with Gasteiger partial charge in [-0.25, -0.2) is 4.39 Å². The Morgan fingerprint density at radius 1 is 1.26 bits per heavy atom. The van der Waals surface area contributed by atoms with Crippen molar-refractivity contribution in [2.45, 2.75) is 13.0 Å². The van der Waals surface area contributed by atoms with E-state index in [2.05, 4.69) is 0 Å². The lowest BCUT2D eigenvalue weighted by Gasteiger charge is -2.15. The van der Waals surface area contributed by atoms with E-state index in [0.717, 1.165) is 5.56 Å². The van der Waals surface area contributed by atoms with E-state index in [1.54, 1.807) is 18.2 Å². The van der Waals surface area contributed by atoms with Gasteiger partial charge in [0.15, 0.2) is 0 Å². The van der Waals surface area contributed by atoms with Crippen molar-refractivity contribution in [3.63, 3.8) is 0 Å². The minimum Gasteiger partial charge on any atom is -0.486 e. The normalized spacial score (nSPS) is 11.7. The molecule has 4 heteroatoms. The van der Waals surface area contributed by atoms with Gasteiger partial charge in [-0.2, -0.15) is 5.26 Å². The number of rotatable bonds is 3. The largest absolute Gasteiger partial charge is 0.486 e. The highest BCUT2D eigenvalue weighted by molar-refractivity contribution is 6.30. The molecule has 0 aromatic heterocycles. The Balaban J connectivity index is 2.20. The van der Waals surface area contributed by atoms with Crippen LogP contribution in [0.15, 0.2) is 42.5 Å². The molecule has 2 aromatic carbocycles. The van der Waals surface area contributed by atoms with Gasteiger partial charge in [0.2, 0.25) is 0 Å². The van der Waals surface area contributed by atoms with Crippen LogP contribution in [-0.2, 0) is 0 Å². The number of nitriles is 1. The molecule has 0 spiro atoms. The third kappa shape index (κ3) is 3.24. The van der Waals surface area contributed by atoms with Crippen molar-refractivity contribution < 1.29 is 9.13 Å². The number of benzene rings is 2. The number of nitrogens with zero attached hydrogens (tertiary/aromatic N) is 1. The summed E-state index contributed by atoms with van der Waals surface area (Å²) in [6.07, 6.45) is -0.240. The van der Waals surface area contributed by atoms with E-state index in [9.17, 15) is 4.39 Å². The summed E-state index contributed by atoms with van der Waals surface area (Å²) in [5, 5.41) is 9.40. The fourth-order valence-electron chi connectivity index (χ4n) is 1.69. The van der Waals surface area contributed by atoms with E-state index < -0.39 is 5.82 Å². The molecule has 2 rings (SSSR count). The molecule has 0 amide bonds. The van der Waals surface area contributed by atoms with Crippen LogP contribution >= 0.6 is 11.6 Å². The molecule has 0 aliphatic rings. The molecule has 0 saturated carbocycles. The summed E-state index contributed by atoms with van der Waals surface area (Å²) in [7, 11) is 0. The van der Waals surface area contributed by atoms with E-state index in [-0.39, 0.29) is 11.7 Å². The van der Waals surface area contributed by atoms with Crippen LogP contribution in [0.4, 0.5) is 4.39 Å². The fourth-order valence-corrected chi connectivity index (χ4v) is 1.89. The first-order valence-corrected chi connectivity index (χ1v) is 6.09. The third-order valence-corrected chi connectivity index (χ3v) is 2.92. The highest BCUT2D eigenvalue weighted by Gasteiger charge is 2.09. The Morgan fingerprint density at radius 3 is 2.74 bits per heavy atom. The lowest BCUT2D eigenvalue weighted by atomic mass is 10.1. The summed E-state index contributed by atoms with van der Waals surface area (Å²) in [6.45, 7) is 1.86. The van der Waals surface area contributed by atoms with Crippen molar-refractivity contribution in [1.82, 2.24) is 0 Å². The highest BCUT2D eigenvalue weighted by Crippen LogP contribution is 2.25. The molecular formula is C15H11ClFNO. The van der Waals surface area contributed by atoms with Crippen molar-refractivity contribution in [1.29, 1.82) is 5.26 Å². The molecule has 0 aliphatic heterocycles. The first-order valence-electron chi connectivity index (χ1n) is 5.72. The van der Waals surface area contributed by atoms with Gasteiger partial charge in [-0.05, 0) is 36.8 Å². The average Bonchev–Trinajstić information content (AvgIpc) is 2.41. The molecule has 0 N–H and O–H groups in total. The molecule has 96 valence electrons. The number of halogens is 2. The van der Waals surface area contributed by atoms with E-state index in [4.69, 9.17) is 21.6 Å². The van der Waals surface area contributed by atoms with Crippen molar-refractivity contribution in [2.24, 2.45) is 0 Å². The van der Waals surface area contributed by atoms with Crippen LogP contribution in [0.2, 0.25) is 5.02 Å². The van der Waals surface area contributed by atoms with Gasteiger partial charge in [-0.15, -0.1) is 0 Å². The van der Waals surface area contributed by atoms with Gasteiger partial charge in [0.05, 0.1) is 5.56 Å². The summed E-state index contributed by atoms with van der Waals surface area (Å²) in [5.41, 5.74) is 0.881. The maximum absolute atomic E-state index is 13.2. The first kappa shape index (κ1) is 13.4. The Labute approximate surface area is 116 Å². The van der Waals surface area contributed by atoms with Gasteiger partial charge in [-0.3, -0.25) is 0 Å². The van der Waals surface area contributed by atoms with E-state index >= 15 is 0 Å². The Morgan fingerprint density at radius 2 is 2.05 bits per heavy atom. The highest BCUT2D eigenvalue weighted by atomic mass is 35.5. The number of ether oxygens (including phenoxy) is 1. The number of hydrogen-bond acceptors (Lipinski definition) is 2. The van der Waals surface area contributed by atoms with Crippen molar-refractivity contribution in [3.05, 3.63) is 64.4 Å². The number of hydrogen-bond donors (Lipinski definition) is 0. The second-order valence-electron chi connectivity index (χ2n) is 4.07. The summed E-state index contributed by atoms with van der Waals surface area (Å²) >= 11 is 5.91. The Bertz CT molecular complexity index is 636.